The molecule has 2 bridgehead atoms. The maximum absolute atomic E-state index is 6.41. The first kappa shape index (κ1) is 14.6. The van der Waals surface area contributed by atoms with Gasteiger partial charge in [0.2, 0.25) is 0 Å². The summed E-state index contributed by atoms with van der Waals surface area (Å²) in [5.74, 6) is 0.829. The van der Waals surface area contributed by atoms with Crippen LogP contribution in [-0.2, 0) is 9.47 Å². The van der Waals surface area contributed by atoms with Crippen LogP contribution in [-0.4, -0.2) is 56.0 Å². The number of morpholine rings is 1. The van der Waals surface area contributed by atoms with E-state index in [0.717, 1.165) is 31.7 Å². The van der Waals surface area contributed by atoms with E-state index < -0.39 is 0 Å². The molecule has 7 heteroatoms. The highest BCUT2D eigenvalue weighted by Gasteiger charge is 2.38. The fourth-order valence-corrected chi connectivity index (χ4v) is 4.14. The Labute approximate surface area is 141 Å². The second-order valence-corrected chi connectivity index (χ2v) is 6.99. The summed E-state index contributed by atoms with van der Waals surface area (Å²) in [5, 5.41) is 8.88. The predicted molar refractivity (Wildman–Crippen MR) is 86.6 cm³/mol. The van der Waals surface area contributed by atoms with Gasteiger partial charge in [0.1, 0.15) is 6.23 Å². The molecule has 0 saturated carbocycles. The van der Waals surface area contributed by atoms with E-state index in [1.165, 1.54) is 19.3 Å². The molecule has 3 aliphatic heterocycles. The number of fused-ring (bicyclic) bond motifs is 2. The Balaban J connectivity index is 1.29. The summed E-state index contributed by atoms with van der Waals surface area (Å²) in [6, 6.07) is 3.88. The Morgan fingerprint density at radius 2 is 1.79 bits per heavy atom. The van der Waals surface area contributed by atoms with Crippen LogP contribution in [0.25, 0.3) is 5.82 Å². The molecule has 7 nitrogen and oxygen atoms in total. The molecule has 4 atom stereocenters. The van der Waals surface area contributed by atoms with Crippen LogP contribution in [0.15, 0.2) is 30.7 Å². The molecule has 0 spiro atoms. The zero-order chi connectivity index (χ0) is 15.9. The Morgan fingerprint density at radius 1 is 0.958 bits per heavy atom. The molecule has 0 N–H and O–H groups in total. The van der Waals surface area contributed by atoms with Gasteiger partial charge in [-0.1, -0.05) is 0 Å². The number of likely N-dealkylation sites (tertiary alicyclic amines) is 1. The fraction of sp³-hybridized carbons (Fsp3) is 0.647. The lowest BCUT2D eigenvalue weighted by Crippen LogP contribution is -2.50. The Morgan fingerprint density at radius 3 is 2.58 bits per heavy atom. The number of hydrogen-bond donors (Lipinski definition) is 0. The van der Waals surface area contributed by atoms with Crippen LogP contribution in [0.2, 0.25) is 0 Å². The summed E-state index contributed by atoms with van der Waals surface area (Å²) in [5.41, 5.74) is 0. The SMILES string of the molecule is c1cnn(-c2ccn(C3CCCC(N4C[C@H]5CC[C@@H](C4)O5)O3)n2)c1. The van der Waals surface area contributed by atoms with Gasteiger partial charge in [-0.05, 0) is 38.2 Å². The fourth-order valence-electron chi connectivity index (χ4n) is 4.14. The zero-order valence-corrected chi connectivity index (χ0v) is 13.7. The third-order valence-electron chi connectivity index (χ3n) is 5.32. The van der Waals surface area contributed by atoms with E-state index in [1.54, 1.807) is 10.9 Å². The summed E-state index contributed by atoms with van der Waals surface area (Å²) in [6.45, 7) is 2.01. The van der Waals surface area contributed by atoms with E-state index >= 15 is 0 Å². The number of ether oxygens (including phenoxy) is 2. The number of nitrogens with zero attached hydrogens (tertiary/aromatic N) is 5. The lowest BCUT2D eigenvalue weighted by molar-refractivity contribution is -0.187. The normalized spacial score (nSPS) is 33.8. The second-order valence-electron chi connectivity index (χ2n) is 6.99. The van der Waals surface area contributed by atoms with Crippen molar-refractivity contribution in [3.8, 4) is 5.82 Å². The molecule has 2 aromatic rings. The van der Waals surface area contributed by atoms with Crippen molar-refractivity contribution in [2.75, 3.05) is 13.1 Å². The number of hydrogen-bond acceptors (Lipinski definition) is 5. The molecule has 3 saturated heterocycles. The highest BCUT2D eigenvalue weighted by Crippen LogP contribution is 2.33. The topological polar surface area (TPSA) is 57.3 Å². The van der Waals surface area contributed by atoms with E-state index in [4.69, 9.17) is 9.47 Å². The van der Waals surface area contributed by atoms with Crippen molar-refractivity contribution in [1.82, 2.24) is 24.5 Å². The summed E-state index contributed by atoms with van der Waals surface area (Å²) in [7, 11) is 0. The molecule has 0 aliphatic carbocycles. The Bertz CT molecular complexity index is 673. The first-order chi connectivity index (χ1) is 11.8. The first-order valence-corrected chi connectivity index (χ1v) is 8.95. The zero-order valence-electron chi connectivity index (χ0n) is 13.7. The van der Waals surface area contributed by atoms with Gasteiger partial charge in [0.05, 0.1) is 12.2 Å². The highest BCUT2D eigenvalue weighted by molar-refractivity contribution is 5.17. The minimum absolute atomic E-state index is 0.00793. The minimum Gasteiger partial charge on any atom is -0.372 e. The van der Waals surface area contributed by atoms with Crippen molar-refractivity contribution in [2.24, 2.45) is 0 Å². The van der Waals surface area contributed by atoms with E-state index in [1.807, 2.05) is 29.2 Å². The number of aromatic nitrogens is 4. The average molecular weight is 329 g/mol. The van der Waals surface area contributed by atoms with Gasteiger partial charge in [0, 0.05) is 37.7 Å². The van der Waals surface area contributed by atoms with Crippen LogP contribution in [0, 0.1) is 0 Å². The molecular weight excluding hydrogens is 306 g/mol. The standard InChI is InChI=1S/C17H23N5O2/c1-3-16(20-11-13-5-6-14(12-20)23-13)24-17(4-1)22-10-7-15(19-22)21-9-2-8-18-21/h2,7-10,13-14,16-17H,1,3-6,11-12H2/t13-,14+,16?,17?. The summed E-state index contributed by atoms with van der Waals surface area (Å²) in [4.78, 5) is 2.48. The van der Waals surface area contributed by atoms with Crippen molar-refractivity contribution in [1.29, 1.82) is 0 Å². The largest absolute Gasteiger partial charge is 0.372 e. The van der Waals surface area contributed by atoms with Crippen LogP contribution in [0.1, 0.15) is 38.3 Å². The Kier molecular flexibility index (Phi) is 3.65. The first-order valence-electron chi connectivity index (χ1n) is 8.95. The van der Waals surface area contributed by atoms with Gasteiger partial charge in [0.15, 0.2) is 12.0 Å². The molecular formula is C17H23N5O2. The molecule has 3 fully saturated rings. The minimum atomic E-state index is 0.00793. The van der Waals surface area contributed by atoms with Crippen LogP contribution in [0.4, 0.5) is 0 Å². The molecule has 0 aromatic carbocycles. The predicted octanol–water partition coefficient (Wildman–Crippen LogP) is 1.96. The maximum Gasteiger partial charge on any atom is 0.175 e. The molecule has 5 heterocycles. The van der Waals surface area contributed by atoms with Gasteiger partial charge in [-0.25, -0.2) is 9.36 Å². The third-order valence-corrected chi connectivity index (χ3v) is 5.32. The van der Waals surface area contributed by atoms with Gasteiger partial charge < -0.3 is 9.47 Å². The molecule has 5 rings (SSSR count). The van der Waals surface area contributed by atoms with Crippen LogP contribution in [0.3, 0.4) is 0 Å². The van der Waals surface area contributed by atoms with E-state index in [9.17, 15) is 0 Å². The lowest BCUT2D eigenvalue weighted by atomic mass is 10.1. The summed E-state index contributed by atoms with van der Waals surface area (Å²) >= 11 is 0. The van der Waals surface area contributed by atoms with Gasteiger partial charge in [-0.3, -0.25) is 4.90 Å². The second kappa shape index (κ2) is 5.98. The van der Waals surface area contributed by atoms with Crippen molar-refractivity contribution >= 4 is 0 Å². The number of rotatable bonds is 3. The van der Waals surface area contributed by atoms with Crippen molar-refractivity contribution in [2.45, 2.75) is 56.8 Å². The van der Waals surface area contributed by atoms with Gasteiger partial charge in [-0.2, -0.15) is 10.2 Å². The summed E-state index contributed by atoms with van der Waals surface area (Å²) < 4.78 is 16.1. The summed E-state index contributed by atoms with van der Waals surface area (Å²) in [6.07, 6.45) is 12.3. The molecule has 0 radical (unpaired) electrons. The van der Waals surface area contributed by atoms with Crippen molar-refractivity contribution < 1.29 is 9.47 Å². The molecule has 0 amide bonds. The molecule has 24 heavy (non-hydrogen) atoms. The van der Waals surface area contributed by atoms with Gasteiger partial charge in [-0.15, -0.1) is 0 Å². The maximum atomic E-state index is 6.41. The molecule has 2 aromatic heterocycles. The van der Waals surface area contributed by atoms with Crippen LogP contribution < -0.4 is 0 Å². The van der Waals surface area contributed by atoms with Gasteiger partial charge >= 0.3 is 0 Å². The van der Waals surface area contributed by atoms with E-state index in [0.29, 0.717) is 12.2 Å². The molecule has 2 unspecified atom stereocenters. The Hall–Kier alpha value is -1.70. The van der Waals surface area contributed by atoms with Gasteiger partial charge in [0.25, 0.3) is 0 Å². The molecule has 3 aliphatic rings. The van der Waals surface area contributed by atoms with Crippen LogP contribution >= 0.6 is 0 Å². The van der Waals surface area contributed by atoms with E-state index in [-0.39, 0.29) is 12.5 Å². The molecule has 128 valence electrons. The lowest BCUT2D eigenvalue weighted by Gasteiger charge is -2.41. The van der Waals surface area contributed by atoms with E-state index in [2.05, 4.69) is 15.1 Å². The van der Waals surface area contributed by atoms with Crippen molar-refractivity contribution in [3.63, 3.8) is 0 Å². The smallest absolute Gasteiger partial charge is 0.175 e. The monoisotopic (exact) mass is 329 g/mol. The van der Waals surface area contributed by atoms with Crippen LogP contribution in [0.5, 0.6) is 0 Å². The average Bonchev–Trinajstić information content (AvgIpc) is 3.35. The third kappa shape index (κ3) is 2.66. The highest BCUT2D eigenvalue weighted by atomic mass is 16.5. The quantitative estimate of drug-likeness (QED) is 0.861. The van der Waals surface area contributed by atoms with Crippen molar-refractivity contribution in [3.05, 3.63) is 30.7 Å².